The van der Waals surface area contributed by atoms with E-state index in [1.807, 2.05) is 18.2 Å². The van der Waals surface area contributed by atoms with Crippen molar-refractivity contribution in [2.45, 2.75) is 37.6 Å². The van der Waals surface area contributed by atoms with Gasteiger partial charge in [0.2, 0.25) is 5.89 Å². The summed E-state index contributed by atoms with van der Waals surface area (Å²) >= 11 is 0. The summed E-state index contributed by atoms with van der Waals surface area (Å²) in [5.74, 6) is 2.37. The number of H-pyrrole nitrogens is 1. The highest BCUT2D eigenvalue weighted by Gasteiger charge is 2.42. The first-order valence-electron chi connectivity index (χ1n) is 8.81. The number of hydrogen-bond acceptors (Lipinski definition) is 7. The molecule has 1 fully saturated rings. The summed E-state index contributed by atoms with van der Waals surface area (Å²) in [7, 11) is 3.24. The molecule has 1 aliphatic rings. The SMILES string of the molecule is COc1ccc(C2(c3noc(Cn4cn[nH]c4=O)n3)CCCC2)cc1OC. The molecule has 1 aromatic carbocycles. The van der Waals surface area contributed by atoms with Crippen molar-refractivity contribution in [3.63, 3.8) is 0 Å². The minimum absolute atomic E-state index is 0.185. The van der Waals surface area contributed by atoms with Crippen LogP contribution in [0.15, 0.2) is 33.8 Å². The Labute approximate surface area is 155 Å². The minimum Gasteiger partial charge on any atom is -0.493 e. The number of ether oxygens (including phenoxy) is 2. The van der Waals surface area contributed by atoms with Crippen LogP contribution in [0.4, 0.5) is 0 Å². The number of nitrogens with zero attached hydrogens (tertiary/aromatic N) is 4. The average Bonchev–Trinajstić information content (AvgIpc) is 3.44. The van der Waals surface area contributed by atoms with Crippen molar-refractivity contribution in [2.24, 2.45) is 0 Å². The van der Waals surface area contributed by atoms with Crippen LogP contribution in [0.1, 0.15) is 43.0 Å². The van der Waals surface area contributed by atoms with Gasteiger partial charge in [0.15, 0.2) is 17.3 Å². The summed E-state index contributed by atoms with van der Waals surface area (Å²) in [4.78, 5) is 16.2. The lowest BCUT2D eigenvalue weighted by molar-refractivity contribution is 0.348. The van der Waals surface area contributed by atoms with E-state index in [1.165, 1.54) is 10.9 Å². The summed E-state index contributed by atoms with van der Waals surface area (Å²) in [6.45, 7) is 0.185. The van der Waals surface area contributed by atoms with Gasteiger partial charge in [-0.15, -0.1) is 0 Å². The maximum atomic E-state index is 11.6. The van der Waals surface area contributed by atoms with Gasteiger partial charge < -0.3 is 14.0 Å². The summed E-state index contributed by atoms with van der Waals surface area (Å²) in [6.07, 6.45) is 5.42. The van der Waals surface area contributed by atoms with E-state index in [4.69, 9.17) is 14.0 Å². The number of methoxy groups -OCH3 is 2. The molecule has 0 amide bonds. The Morgan fingerprint density at radius 3 is 2.67 bits per heavy atom. The molecule has 0 spiro atoms. The Morgan fingerprint density at radius 2 is 2.00 bits per heavy atom. The van der Waals surface area contributed by atoms with Crippen LogP contribution in [-0.4, -0.2) is 39.1 Å². The van der Waals surface area contributed by atoms with Crippen LogP contribution >= 0.6 is 0 Å². The summed E-state index contributed by atoms with van der Waals surface area (Å²) in [5.41, 5.74) is 0.429. The van der Waals surface area contributed by atoms with Crippen LogP contribution in [0.25, 0.3) is 0 Å². The Hall–Kier alpha value is -3.10. The number of aromatic nitrogens is 5. The predicted octanol–water partition coefficient (Wildman–Crippen LogP) is 1.88. The minimum atomic E-state index is -0.331. The van der Waals surface area contributed by atoms with Crippen LogP contribution < -0.4 is 15.2 Å². The Bertz CT molecular complexity index is 984. The third-order valence-corrected chi connectivity index (χ3v) is 5.21. The standard InChI is InChI=1S/C18H21N5O4/c1-25-13-6-5-12(9-14(13)26-2)18(7-3-4-8-18)16-20-15(27-22-16)10-23-11-19-21-17(23)24/h5-6,9,11H,3-4,7-8,10H2,1-2H3,(H,21,24). The molecule has 0 radical (unpaired) electrons. The van der Waals surface area contributed by atoms with E-state index in [0.29, 0.717) is 23.2 Å². The van der Waals surface area contributed by atoms with Gasteiger partial charge in [-0.05, 0) is 30.5 Å². The number of aromatic amines is 1. The molecule has 0 unspecified atom stereocenters. The van der Waals surface area contributed by atoms with Crippen LogP contribution in [0.3, 0.4) is 0 Å². The molecule has 9 nitrogen and oxygen atoms in total. The predicted molar refractivity (Wildman–Crippen MR) is 95.0 cm³/mol. The highest BCUT2D eigenvalue weighted by Crippen LogP contribution is 2.47. The van der Waals surface area contributed by atoms with Gasteiger partial charge in [-0.1, -0.05) is 24.1 Å². The number of benzene rings is 1. The lowest BCUT2D eigenvalue weighted by Gasteiger charge is -2.26. The average molecular weight is 371 g/mol. The fourth-order valence-electron chi connectivity index (χ4n) is 3.80. The Morgan fingerprint density at radius 1 is 1.22 bits per heavy atom. The molecule has 1 saturated carbocycles. The van der Waals surface area contributed by atoms with Crippen LogP contribution in [0, 0.1) is 0 Å². The van der Waals surface area contributed by atoms with Gasteiger partial charge in [-0.25, -0.2) is 9.89 Å². The van der Waals surface area contributed by atoms with E-state index in [9.17, 15) is 4.79 Å². The summed E-state index contributed by atoms with van der Waals surface area (Å²) in [6, 6.07) is 5.92. The molecule has 1 aliphatic carbocycles. The van der Waals surface area contributed by atoms with Gasteiger partial charge in [0.05, 0.1) is 19.6 Å². The normalized spacial score (nSPS) is 15.8. The Kier molecular flexibility index (Phi) is 4.43. The molecule has 142 valence electrons. The molecule has 2 heterocycles. The van der Waals surface area contributed by atoms with Crippen LogP contribution in [0.5, 0.6) is 11.5 Å². The second-order valence-electron chi connectivity index (χ2n) is 6.66. The molecule has 0 bridgehead atoms. The van der Waals surface area contributed by atoms with Gasteiger partial charge in [0, 0.05) is 0 Å². The van der Waals surface area contributed by atoms with Crippen molar-refractivity contribution < 1.29 is 14.0 Å². The second kappa shape index (κ2) is 6.90. The molecule has 0 saturated heterocycles. The topological polar surface area (TPSA) is 108 Å². The first kappa shape index (κ1) is 17.3. The van der Waals surface area contributed by atoms with E-state index in [2.05, 4.69) is 20.3 Å². The maximum Gasteiger partial charge on any atom is 0.343 e. The van der Waals surface area contributed by atoms with Crippen molar-refractivity contribution in [3.8, 4) is 11.5 Å². The van der Waals surface area contributed by atoms with E-state index in [0.717, 1.165) is 31.2 Å². The molecule has 0 aliphatic heterocycles. The first-order valence-corrected chi connectivity index (χ1v) is 8.81. The summed E-state index contributed by atoms with van der Waals surface area (Å²) < 4.78 is 17.6. The van der Waals surface area contributed by atoms with Gasteiger partial charge >= 0.3 is 5.69 Å². The molecular weight excluding hydrogens is 350 g/mol. The van der Waals surface area contributed by atoms with Crippen molar-refractivity contribution >= 4 is 0 Å². The second-order valence-corrected chi connectivity index (χ2v) is 6.66. The highest BCUT2D eigenvalue weighted by atomic mass is 16.5. The van der Waals surface area contributed by atoms with Gasteiger partial charge in [0.25, 0.3) is 0 Å². The fourth-order valence-corrected chi connectivity index (χ4v) is 3.80. The molecule has 0 atom stereocenters. The molecule has 2 aromatic heterocycles. The monoisotopic (exact) mass is 371 g/mol. The van der Waals surface area contributed by atoms with Crippen molar-refractivity contribution in [1.82, 2.24) is 24.9 Å². The van der Waals surface area contributed by atoms with Gasteiger partial charge in [-0.3, -0.25) is 4.57 Å². The molecule has 27 heavy (non-hydrogen) atoms. The summed E-state index contributed by atoms with van der Waals surface area (Å²) in [5, 5.41) is 10.3. The van der Waals surface area contributed by atoms with E-state index >= 15 is 0 Å². The van der Waals surface area contributed by atoms with Crippen molar-refractivity contribution in [1.29, 1.82) is 0 Å². The molecule has 9 heteroatoms. The van der Waals surface area contributed by atoms with Crippen molar-refractivity contribution in [2.75, 3.05) is 14.2 Å². The highest BCUT2D eigenvalue weighted by molar-refractivity contribution is 5.47. The lowest BCUT2D eigenvalue weighted by Crippen LogP contribution is -2.25. The molecule has 3 aromatic rings. The molecule has 4 rings (SSSR count). The zero-order valence-corrected chi connectivity index (χ0v) is 15.3. The van der Waals surface area contributed by atoms with E-state index in [1.54, 1.807) is 14.2 Å². The Balaban J connectivity index is 1.71. The third-order valence-electron chi connectivity index (χ3n) is 5.21. The third kappa shape index (κ3) is 2.98. The zero-order valence-electron chi connectivity index (χ0n) is 15.3. The van der Waals surface area contributed by atoms with Gasteiger partial charge in [-0.2, -0.15) is 10.1 Å². The van der Waals surface area contributed by atoms with Crippen LogP contribution in [0.2, 0.25) is 0 Å². The maximum absolute atomic E-state index is 11.6. The smallest absolute Gasteiger partial charge is 0.343 e. The fraction of sp³-hybridized carbons (Fsp3) is 0.444. The lowest BCUT2D eigenvalue weighted by atomic mass is 9.78. The number of nitrogens with one attached hydrogen (secondary N) is 1. The largest absolute Gasteiger partial charge is 0.493 e. The van der Waals surface area contributed by atoms with E-state index < -0.39 is 0 Å². The molecular formula is C18H21N5O4. The number of rotatable bonds is 6. The van der Waals surface area contributed by atoms with Gasteiger partial charge in [0.1, 0.15) is 12.9 Å². The molecule has 1 N–H and O–H groups in total. The van der Waals surface area contributed by atoms with E-state index in [-0.39, 0.29) is 17.6 Å². The van der Waals surface area contributed by atoms with Crippen molar-refractivity contribution in [3.05, 3.63) is 52.3 Å². The quantitative estimate of drug-likeness (QED) is 0.705. The number of hydrogen-bond donors (Lipinski definition) is 1. The zero-order chi connectivity index (χ0) is 18.9. The van der Waals surface area contributed by atoms with Crippen LogP contribution in [-0.2, 0) is 12.0 Å². The first-order chi connectivity index (χ1) is 13.2.